The quantitative estimate of drug-likeness (QED) is 0.930. The molecule has 2 aromatic heterocycles. The predicted octanol–water partition coefficient (Wildman–Crippen LogP) is 1.80. The highest BCUT2D eigenvalue weighted by Crippen LogP contribution is 2.32. The number of piperidine rings is 1. The molecule has 1 atom stereocenters. The third kappa shape index (κ3) is 3.14. The van der Waals surface area contributed by atoms with Crippen molar-refractivity contribution in [3.8, 4) is 0 Å². The summed E-state index contributed by atoms with van der Waals surface area (Å²) in [7, 11) is 3.60. The van der Waals surface area contributed by atoms with Crippen molar-refractivity contribution in [3.63, 3.8) is 0 Å². The standard InChI is InChI=1S/C16H23N5O2/c1-11-18-15(19-23-11)10-21-9-5-4-6-13(21)12-7-8-14(20(12)3)16(22)17-2/h7-8,13H,4-6,9-10H2,1-3H3,(H,17,22)/t13-/m1/s1. The van der Waals surface area contributed by atoms with Crippen LogP contribution in [-0.2, 0) is 13.6 Å². The first-order valence-corrected chi connectivity index (χ1v) is 8.01. The lowest BCUT2D eigenvalue weighted by Gasteiger charge is -2.35. The van der Waals surface area contributed by atoms with Gasteiger partial charge in [0.2, 0.25) is 5.89 Å². The van der Waals surface area contributed by atoms with Crippen LogP contribution < -0.4 is 5.32 Å². The lowest BCUT2D eigenvalue weighted by Crippen LogP contribution is -2.34. The number of carbonyl (C=O) groups excluding carboxylic acids is 1. The van der Waals surface area contributed by atoms with E-state index in [0.29, 0.717) is 18.1 Å². The summed E-state index contributed by atoms with van der Waals surface area (Å²) in [5.74, 6) is 1.25. The Balaban J connectivity index is 1.84. The maximum Gasteiger partial charge on any atom is 0.267 e. The SMILES string of the molecule is CNC(=O)c1ccc([C@H]2CCCCN2Cc2noc(C)n2)n1C. The fourth-order valence-corrected chi connectivity index (χ4v) is 3.32. The van der Waals surface area contributed by atoms with Crippen molar-refractivity contribution in [3.05, 3.63) is 35.2 Å². The summed E-state index contributed by atoms with van der Waals surface area (Å²) in [4.78, 5) is 18.6. The molecule has 0 bridgehead atoms. The Hall–Kier alpha value is -2.15. The zero-order valence-electron chi connectivity index (χ0n) is 13.9. The van der Waals surface area contributed by atoms with Gasteiger partial charge < -0.3 is 14.4 Å². The molecule has 1 N–H and O–H groups in total. The average molecular weight is 317 g/mol. The third-order valence-corrected chi connectivity index (χ3v) is 4.49. The molecular formula is C16H23N5O2. The maximum absolute atomic E-state index is 11.9. The second-order valence-corrected chi connectivity index (χ2v) is 5.99. The lowest BCUT2D eigenvalue weighted by molar-refractivity contribution is 0.0952. The van der Waals surface area contributed by atoms with E-state index in [2.05, 4.69) is 26.4 Å². The van der Waals surface area contributed by atoms with Crippen LogP contribution in [0.2, 0.25) is 0 Å². The first-order chi connectivity index (χ1) is 11.1. The van der Waals surface area contributed by atoms with E-state index in [4.69, 9.17) is 4.52 Å². The summed E-state index contributed by atoms with van der Waals surface area (Å²) in [5, 5.41) is 6.69. The Bertz CT molecular complexity index is 690. The van der Waals surface area contributed by atoms with Crippen molar-refractivity contribution >= 4 is 5.91 Å². The smallest absolute Gasteiger partial charge is 0.267 e. The predicted molar refractivity (Wildman–Crippen MR) is 84.8 cm³/mol. The van der Waals surface area contributed by atoms with Crippen LogP contribution in [0.3, 0.4) is 0 Å². The molecule has 7 heteroatoms. The molecule has 0 aliphatic carbocycles. The Morgan fingerprint density at radius 1 is 1.43 bits per heavy atom. The molecular weight excluding hydrogens is 294 g/mol. The summed E-state index contributed by atoms with van der Waals surface area (Å²) < 4.78 is 7.06. The highest BCUT2D eigenvalue weighted by atomic mass is 16.5. The fourth-order valence-electron chi connectivity index (χ4n) is 3.32. The zero-order chi connectivity index (χ0) is 16.4. The van der Waals surface area contributed by atoms with E-state index in [9.17, 15) is 4.79 Å². The molecule has 1 aliphatic heterocycles. The molecule has 1 fully saturated rings. The highest BCUT2D eigenvalue weighted by Gasteiger charge is 2.28. The van der Waals surface area contributed by atoms with Gasteiger partial charge in [-0.05, 0) is 31.5 Å². The second-order valence-electron chi connectivity index (χ2n) is 5.99. The Morgan fingerprint density at radius 2 is 2.26 bits per heavy atom. The number of aromatic nitrogens is 3. The monoisotopic (exact) mass is 317 g/mol. The Kier molecular flexibility index (Phi) is 4.47. The number of amides is 1. The molecule has 1 aliphatic rings. The number of carbonyl (C=O) groups is 1. The molecule has 3 rings (SSSR count). The van der Waals surface area contributed by atoms with Crippen molar-refractivity contribution < 1.29 is 9.32 Å². The molecule has 0 radical (unpaired) electrons. The summed E-state index contributed by atoms with van der Waals surface area (Å²) in [6.45, 7) is 3.47. The van der Waals surface area contributed by atoms with Crippen LogP contribution in [0.5, 0.6) is 0 Å². The van der Waals surface area contributed by atoms with E-state index in [0.717, 1.165) is 24.5 Å². The van der Waals surface area contributed by atoms with Gasteiger partial charge in [0.25, 0.3) is 5.91 Å². The molecule has 0 saturated carbocycles. The molecule has 2 aromatic rings. The number of hydrogen-bond acceptors (Lipinski definition) is 5. The van der Waals surface area contributed by atoms with E-state index in [-0.39, 0.29) is 11.9 Å². The number of hydrogen-bond donors (Lipinski definition) is 1. The van der Waals surface area contributed by atoms with Gasteiger partial charge in [-0.25, -0.2) is 0 Å². The molecule has 0 unspecified atom stereocenters. The van der Waals surface area contributed by atoms with Gasteiger partial charge in [0.15, 0.2) is 5.82 Å². The van der Waals surface area contributed by atoms with Gasteiger partial charge in [0, 0.05) is 26.7 Å². The lowest BCUT2D eigenvalue weighted by atomic mass is 9.99. The molecule has 1 amide bonds. The van der Waals surface area contributed by atoms with Crippen LogP contribution in [-0.4, -0.2) is 39.1 Å². The number of rotatable bonds is 4. The van der Waals surface area contributed by atoms with E-state index < -0.39 is 0 Å². The van der Waals surface area contributed by atoms with Crippen LogP contribution >= 0.6 is 0 Å². The first kappa shape index (κ1) is 15.7. The molecule has 3 heterocycles. The number of nitrogens with one attached hydrogen (secondary N) is 1. The molecule has 0 aromatic carbocycles. The average Bonchev–Trinajstić information content (AvgIpc) is 3.13. The van der Waals surface area contributed by atoms with Crippen LogP contribution in [0.4, 0.5) is 0 Å². The van der Waals surface area contributed by atoms with Gasteiger partial charge in [-0.1, -0.05) is 11.6 Å². The minimum Gasteiger partial charge on any atom is -0.354 e. The minimum absolute atomic E-state index is 0.0603. The van der Waals surface area contributed by atoms with Crippen molar-refractivity contribution in [2.24, 2.45) is 7.05 Å². The van der Waals surface area contributed by atoms with Crippen LogP contribution in [0, 0.1) is 6.92 Å². The summed E-state index contributed by atoms with van der Waals surface area (Å²) in [5.41, 5.74) is 1.84. The molecule has 124 valence electrons. The van der Waals surface area contributed by atoms with Gasteiger partial charge in [-0.2, -0.15) is 4.98 Å². The summed E-state index contributed by atoms with van der Waals surface area (Å²) >= 11 is 0. The first-order valence-electron chi connectivity index (χ1n) is 8.01. The summed E-state index contributed by atoms with van der Waals surface area (Å²) in [6.07, 6.45) is 3.43. The molecule has 0 spiro atoms. The van der Waals surface area contributed by atoms with Gasteiger partial charge in [-0.15, -0.1) is 0 Å². The topological polar surface area (TPSA) is 76.2 Å². The maximum atomic E-state index is 11.9. The third-order valence-electron chi connectivity index (χ3n) is 4.49. The number of aryl methyl sites for hydroxylation is 1. The van der Waals surface area contributed by atoms with E-state index >= 15 is 0 Å². The van der Waals surface area contributed by atoms with Gasteiger partial charge in [0.05, 0.1) is 12.6 Å². The van der Waals surface area contributed by atoms with Gasteiger partial charge >= 0.3 is 0 Å². The molecule has 23 heavy (non-hydrogen) atoms. The molecule has 7 nitrogen and oxygen atoms in total. The van der Waals surface area contributed by atoms with Crippen molar-refractivity contribution in [2.75, 3.05) is 13.6 Å². The number of likely N-dealkylation sites (tertiary alicyclic amines) is 1. The summed E-state index contributed by atoms with van der Waals surface area (Å²) in [6, 6.07) is 4.21. The van der Waals surface area contributed by atoms with Crippen LogP contribution in [0.25, 0.3) is 0 Å². The van der Waals surface area contributed by atoms with Gasteiger partial charge in [-0.3, -0.25) is 9.69 Å². The van der Waals surface area contributed by atoms with E-state index in [1.807, 2.05) is 17.7 Å². The Labute approximate surface area is 135 Å². The zero-order valence-corrected chi connectivity index (χ0v) is 13.9. The highest BCUT2D eigenvalue weighted by molar-refractivity contribution is 5.92. The van der Waals surface area contributed by atoms with E-state index in [1.165, 1.54) is 12.8 Å². The molecule has 1 saturated heterocycles. The van der Waals surface area contributed by atoms with Crippen molar-refractivity contribution in [2.45, 2.75) is 38.8 Å². The van der Waals surface area contributed by atoms with Crippen LogP contribution in [0.15, 0.2) is 16.7 Å². The fraction of sp³-hybridized carbons (Fsp3) is 0.562. The number of nitrogens with zero attached hydrogens (tertiary/aromatic N) is 4. The van der Waals surface area contributed by atoms with Gasteiger partial charge in [0.1, 0.15) is 5.69 Å². The van der Waals surface area contributed by atoms with Crippen molar-refractivity contribution in [1.82, 2.24) is 24.9 Å². The minimum atomic E-state index is -0.0603. The van der Waals surface area contributed by atoms with E-state index in [1.54, 1.807) is 14.0 Å². The normalized spacial score (nSPS) is 19.0. The Morgan fingerprint density at radius 3 is 2.96 bits per heavy atom. The largest absolute Gasteiger partial charge is 0.354 e. The van der Waals surface area contributed by atoms with Crippen molar-refractivity contribution in [1.29, 1.82) is 0 Å². The second kappa shape index (κ2) is 6.54. The van der Waals surface area contributed by atoms with Crippen LogP contribution in [0.1, 0.15) is 53.2 Å².